The minimum Gasteiger partial charge on any atom is -0.497 e. The molecule has 3 aromatic carbocycles. The maximum atomic E-state index is 12.4. The van der Waals surface area contributed by atoms with Gasteiger partial charge in [-0.1, -0.05) is 35.5 Å². The third kappa shape index (κ3) is 4.70. The summed E-state index contributed by atoms with van der Waals surface area (Å²) in [4.78, 5) is 16.9. The van der Waals surface area contributed by atoms with E-state index in [9.17, 15) is 4.79 Å². The molecule has 1 heterocycles. The van der Waals surface area contributed by atoms with Crippen molar-refractivity contribution < 1.29 is 23.5 Å². The first-order valence-electron chi connectivity index (χ1n) is 9.81. The Kier molecular flexibility index (Phi) is 6.31. The van der Waals surface area contributed by atoms with Crippen molar-refractivity contribution in [3.8, 4) is 40.1 Å². The Morgan fingerprint density at radius 2 is 1.72 bits per heavy atom. The fourth-order valence-electron chi connectivity index (χ4n) is 3.06. The van der Waals surface area contributed by atoms with Crippen LogP contribution < -0.4 is 19.5 Å². The largest absolute Gasteiger partial charge is 0.497 e. The third-order valence-corrected chi connectivity index (χ3v) is 4.61. The molecule has 0 unspecified atom stereocenters. The van der Waals surface area contributed by atoms with Crippen molar-refractivity contribution in [1.29, 1.82) is 0 Å². The second-order valence-corrected chi connectivity index (χ2v) is 6.69. The standard InChI is InChI=1S/C24H21N3O5/c1-29-17-9-7-8-16(14-17)24-26-23(27-32-24)18-10-3-5-12-20(18)31-15-22(28)25-19-11-4-6-13-21(19)30-2/h3-14H,15H2,1-2H3,(H,25,28). The Balaban J connectivity index is 1.49. The van der Waals surface area contributed by atoms with Crippen LogP contribution in [0.5, 0.6) is 17.2 Å². The number of rotatable bonds is 8. The zero-order valence-corrected chi connectivity index (χ0v) is 17.6. The summed E-state index contributed by atoms with van der Waals surface area (Å²) < 4.78 is 21.7. The van der Waals surface area contributed by atoms with Crippen molar-refractivity contribution >= 4 is 11.6 Å². The normalized spacial score (nSPS) is 10.4. The summed E-state index contributed by atoms with van der Waals surface area (Å²) in [6.45, 7) is -0.199. The summed E-state index contributed by atoms with van der Waals surface area (Å²) in [7, 11) is 3.14. The Labute approximate surface area is 184 Å². The molecule has 0 bridgehead atoms. The highest BCUT2D eigenvalue weighted by Crippen LogP contribution is 2.30. The van der Waals surface area contributed by atoms with Crippen molar-refractivity contribution in [2.24, 2.45) is 0 Å². The van der Waals surface area contributed by atoms with Crippen molar-refractivity contribution in [2.45, 2.75) is 0 Å². The zero-order valence-electron chi connectivity index (χ0n) is 17.6. The van der Waals surface area contributed by atoms with Gasteiger partial charge in [-0.3, -0.25) is 4.79 Å². The number of hydrogen-bond donors (Lipinski definition) is 1. The van der Waals surface area contributed by atoms with E-state index in [0.717, 1.165) is 5.56 Å². The van der Waals surface area contributed by atoms with E-state index in [1.807, 2.05) is 42.5 Å². The second kappa shape index (κ2) is 9.65. The van der Waals surface area contributed by atoms with Gasteiger partial charge in [0.1, 0.15) is 17.2 Å². The van der Waals surface area contributed by atoms with Gasteiger partial charge >= 0.3 is 0 Å². The summed E-state index contributed by atoms with van der Waals surface area (Å²) in [6, 6.07) is 21.7. The molecule has 1 N–H and O–H groups in total. The van der Waals surface area contributed by atoms with Crippen molar-refractivity contribution in [3.05, 3.63) is 72.8 Å². The molecule has 0 spiro atoms. The molecule has 162 valence electrons. The molecule has 0 radical (unpaired) electrons. The van der Waals surface area contributed by atoms with Crippen LogP contribution in [0, 0.1) is 0 Å². The lowest BCUT2D eigenvalue weighted by Crippen LogP contribution is -2.20. The molecule has 32 heavy (non-hydrogen) atoms. The number of hydrogen-bond acceptors (Lipinski definition) is 7. The van der Waals surface area contributed by atoms with Crippen molar-refractivity contribution in [2.75, 3.05) is 26.1 Å². The molecule has 0 aliphatic carbocycles. The Bertz CT molecular complexity index is 1220. The quantitative estimate of drug-likeness (QED) is 0.441. The van der Waals surface area contributed by atoms with E-state index in [-0.39, 0.29) is 12.5 Å². The number of nitrogens with one attached hydrogen (secondary N) is 1. The summed E-state index contributed by atoms with van der Waals surface area (Å²) in [6.07, 6.45) is 0. The molecule has 0 aliphatic heterocycles. The van der Waals surface area contributed by atoms with Gasteiger partial charge in [-0.25, -0.2) is 0 Å². The zero-order chi connectivity index (χ0) is 22.3. The van der Waals surface area contributed by atoms with E-state index in [0.29, 0.717) is 40.2 Å². The van der Waals surface area contributed by atoms with Crippen LogP contribution in [0.3, 0.4) is 0 Å². The number of ether oxygens (including phenoxy) is 3. The second-order valence-electron chi connectivity index (χ2n) is 6.69. The minimum atomic E-state index is -0.325. The molecule has 4 rings (SSSR count). The van der Waals surface area contributed by atoms with Gasteiger partial charge in [-0.2, -0.15) is 4.98 Å². The minimum absolute atomic E-state index is 0.199. The van der Waals surface area contributed by atoms with Crippen LogP contribution in [0.2, 0.25) is 0 Å². The third-order valence-electron chi connectivity index (χ3n) is 4.61. The summed E-state index contributed by atoms with van der Waals surface area (Å²) in [5.41, 5.74) is 1.91. The number of benzene rings is 3. The SMILES string of the molecule is COc1cccc(-c2nc(-c3ccccc3OCC(=O)Nc3ccccc3OC)no2)c1. The maximum Gasteiger partial charge on any atom is 0.262 e. The topological polar surface area (TPSA) is 95.7 Å². The summed E-state index contributed by atoms with van der Waals surface area (Å²) in [5.74, 6) is 2.09. The van der Waals surface area contributed by atoms with Crippen LogP contribution in [0.25, 0.3) is 22.8 Å². The number of carbonyl (C=O) groups excluding carboxylic acids is 1. The predicted octanol–water partition coefficient (Wildman–Crippen LogP) is 4.44. The molecule has 8 heteroatoms. The molecular formula is C24H21N3O5. The molecule has 0 saturated carbocycles. The number of methoxy groups -OCH3 is 2. The highest BCUT2D eigenvalue weighted by atomic mass is 16.5. The van der Waals surface area contributed by atoms with Crippen molar-refractivity contribution in [3.63, 3.8) is 0 Å². The van der Waals surface area contributed by atoms with Gasteiger partial charge in [-0.15, -0.1) is 0 Å². The average molecular weight is 431 g/mol. The lowest BCUT2D eigenvalue weighted by molar-refractivity contribution is -0.118. The molecule has 1 amide bonds. The van der Waals surface area contributed by atoms with Crippen LogP contribution in [0.15, 0.2) is 77.3 Å². The number of para-hydroxylation sites is 3. The number of anilines is 1. The lowest BCUT2D eigenvalue weighted by Gasteiger charge is -2.11. The van der Waals surface area contributed by atoms with Gasteiger partial charge in [0, 0.05) is 5.56 Å². The Morgan fingerprint density at radius 1 is 0.938 bits per heavy atom. The molecule has 8 nitrogen and oxygen atoms in total. The van der Waals surface area contributed by atoms with Gasteiger partial charge in [0.25, 0.3) is 11.8 Å². The van der Waals surface area contributed by atoms with Gasteiger partial charge in [0.15, 0.2) is 6.61 Å². The van der Waals surface area contributed by atoms with Crippen LogP contribution in [0.1, 0.15) is 0 Å². The monoisotopic (exact) mass is 431 g/mol. The molecule has 0 fully saturated rings. The van der Waals surface area contributed by atoms with Gasteiger partial charge < -0.3 is 24.1 Å². The first-order chi connectivity index (χ1) is 15.7. The van der Waals surface area contributed by atoms with E-state index < -0.39 is 0 Å². The summed E-state index contributed by atoms with van der Waals surface area (Å²) >= 11 is 0. The van der Waals surface area contributed by atoms with Crippen LogP contribution >= 0.6 is 0 Å². The van der Waals surface area contributed by atoms with Gasteiger partial charge in [0.05, 0.1) is 25.5 Å². The molecule has 0 atom stereocenters. The van der Waals surface area contributed by atoms with E-state index in [4.69, 9.17) is 18.7 Å². The lowest BCUT2D eigenvalue weighted by atomic mass is 10.2. The summed E-state index contributed by atoms with van der Waals surface area (Å²) in [5, 5.41) is 6.85. The first kappa shape index (κ1) is 20.9. The van der Waals surface area contributed by atoms with E-state index >= 15 is 0 Å². The van der Waals surface area contributed by atoms with Crippen LogP contribution in [0.4, 0.5) is 5.69 Å². The molecule has 0 saturated heterocycles. The van der Waals surface area contributed by atoms with Crippen LogP contribution in [-0.2, 0) is 4.79 Å². The number of carbonyl (C=O) groups is 1. The van der Waals surface area contributed by atoms with Crippen molar-refractivity contribution in [1.82, 2.24) is 10.1 Å². The fraction of sp³-hybridized carbons (Fsp3) is 0.125. The first-order valence-corrected chi connectivity index (χ1v) is 9.81. The smallest absolute Gasteiger partial charge is 0.262 e. The molecule has 0 aliphatic rings. The highest BCUT2D eigenvalue weighted by Gasteiger charge is 2.16. The predicted molar refractivity (Wildman–Crippen MR) is 119 cm³/mol. The van der Waals surface area contributed by atoms with E-state index in [1.54, 1.807) is 44.6 Å². The van der Waals surface area contributed by atoms with E-state index in [1.165, 1.54) is 0 Å². The average Bonchev–Trinajstić information content (AvgIpc) is 3.33. The number of nitrogens with zero attached hydrogens (tertiary/aromatic N) is 2. The number of amides is 1. The molecular weight excluding hydrogens is 410 g/mol. The Morgan fingerprint density at radius 3 is 2.53 bits per heavy atom. The Hall–Kier alpha value is -4.33. The van der Waals surface area contributed by atoms with E-state index in [2.05, 4.69) is 15.5 Å². The fourth-order valence-corrected chi connectivity index (χ4v) is 3.06. The van der Waals surface area contributed by atoms with Gasteiger partial charge in [-0.05, 0) is 42.5 Å². The highest BCUT2D eigenvalue weighted by molar-refractivity contribution is 5.93. The maximum absolute atomic E-state index is 12.4. The number of aromatic nitrogens is 2. The van der Waals surface area contributed by atoms with Gasteiger partial charge in [0.2, 0.25) is 5.82 Å². The molecule has 4 aromatic rings. The molecule has 1 aromatic heterocycles. The van der Waals surface area contributed by atoms with Crippen LogP contribution in [-0.4, -0.2) is 36.9 Å².